The van der Waals surface area contributed by atoms with Crippen molar-refractivity contribution < 1.29 is 42.3 Å². The first-order valence-electron chi connectivity index (χ1n) is 14.6. The first-order valence-corrected chi connectivity index (χ1v) is 15.5. The van der Waals surface area contributed by atoms with Gasteiger partial charge in [-0.05, 0) is 36.8 Å². The van der Waals surface area contributed by atoms with Crippen molar-refractivity contribution >= 4 is 33.6 Å². The number of aromatic nitrogens is 2. The van der Waals surface area contributed by atoms with Crippen LogP contribution in [0.25, 0.3) is 33.2 Å². The van der Waals surface area contributed by atoms with E-state index in [9.17, 15) is 4.79 Å². The smallest absolute Gasteiger partial charge is 0.239 e. The molecule has 0 spiro atoms. The number of unbranched alkanes of at least 4 members (excludes halogenated alkanes) is 1. The Morgan fingerprint density at radius 1 is 0.681 bits per heavy atom. The molecule has 248 valence electrons. The lowest BCUT2D eigenvalue weighted by atomic mass is 10.1. The fourth-order valence-electron chi connectivity index (χ4n) is 5.08. The molecule has 0 saturated carbocycles. The van der Waals surface area contributed by atoms with Crippen molar-refractivity contribution in [1.82, 2.24) is 9.97 Å². The number of rotatable bonds is 15. The van der Waals surface area contributed by atoms with Gasteiger partial charge >= 0.3 is 0 Å². The summed E-state index contributed by atoms with van der Waals surface area (Å²) in [4.78, 5) is 22.9. The van der Waals surface area contributed by atoms with E-state index in [1.165, 1.54) is 41.9 Å². The molecule has 5 rings (SSSR count). The molecule has 2 aromatic heterocycles. The number of ether oxygens (including phenoxy) is 8. The summed E-state index contributed by atoms with van der Waals surface area (Å²) in [5.74, 6) is 4.15. The number of nitrogens with zero attached hydrogens (tertiary/aromatic N) is 2. The van der Waals surface area contributed by atoms with E-state index >= 15 is 0 Å². The third-order valence-corrected chi connectivity index (χ3v) is 8.49. The normalized spacial score (nSPS) is 11.0. The van der Waals surface area contributed by atoms with Crippen molar-refractivity contribution in [2.45, 2.75) is 17.9 Å². The lowest BCUT2D eigenvalue weighted by Crippen LogP contribution is -2.12. The number of methoxy groups -OCH3 is 7. The van der Waals surface area contributed by atoms with E-state index in [4.69, 9.17) is 42.3 Å². The Kier molecular flexibility index (Phi) is 10.7. The van der Waals surface area contributed by atoms with Crippen molar-refractivity contribution in [2.24, 2.45) is 0 Å². The minimum absolute atomic E-state index is 0.0331. The van der Waals surface area contributed by atoms with Crippen LogP contribution in [-0.2, 0) is 0 Å². The van der Waals surface area contributed by atoms with Crippen molar-refractivity contribution in [3.63, 3.8) is 0 Å². The molecule has 2 heterocycles. The van der Waals surface area contributed by atoms with Gasteiger partial charge in [-0.2, -0.15) is 0 Å². The van der Waals surface area contributed by atoms with Crippen LogP contribution < -0.4 is 43.3 Å². The van der Waals surface area contributed by atoms with Gasteiger partial charge in [-0.1, -0.05) is 0 Å². The van der Waals surface area contributed by atoms with E-state index in [0.29, 0.717) is 52.2 Å². The molecular weight excluding hydrogens is 628 g/mol. The Morgan fingerprint density at radius 2 is 1.36 bits per heavy atom. The average Bonchev–Trinajstić information content (AvgIpc) is 3.11. The molecule has 0 aliphatic heterocycles. The molecule has 0 radical (unpaired) electrons. The molecule has 47 heavy (non-hydrogen) atoms. The minimum Gasteiger partial charge on any atom is -0.496 e. The number of fused-ring (bicyclic) bond motifs is 2. The maximum Gasteiger partial charge on any atom is 0.239 e. The fraction of sp³-hybridized carbons (Fsp3) is 0.324. The maximum absolute atomic E-state index is 14.0. The van der Waals surface area contributed by atoms with Crippen LogP contribution in [-0.4, -0.2) is 72.1 Å². The van der Waals surface area contributed by atoms with Gasteiger partial charge in [-0.25, -0.2) is 9.97 Å². The van der Waals surface area contributed by atoms with E-state index in [-0.39, 0.29) is 34.5 Å². The van der Waals surface area contributed by atoms with Gasteiger partial charge < -0.3 is 42.3 Å². The molecular formula is C34H36N2O10S. The fourth-order valence-corrected chi connectivity index (χ4v) is 6.06. The maximum atomic E-state index is 14.0. The third kappa shape index (κ3) is 6.75. The Balaban J connectivity index is 1.42. The molecule has 0 unspecified atom stereocenters. The van der Waals surface area contributed by atoms with Gasteiger partial charge in [-0.3, -0.25) is 4.79 Å². The minimum atomic E-state index is -0.388. The number of thioether (sulfide) groups is 1. The van der Waals surface area contributed by atoms with Crippen molar-refractivity contribution in [1.29, 1.82) is 0 Å². The molecule has 0 bridgehead atoms. The Morgan fingerprint density at radius 3 is 2.00 bits per heavy atom. The monoisotopic (exact) mass is 664 g/mol. The second-order valence-electron chi connectivity index (χ2n) is 10.0. The summed E-state index contributed by atoms with van der Waals surface area (Å²) in [6, 6.07) is 10.4. The zero-order valence-electron chi connectivity index (χ0n) is 27.3. The Bertz CT molecular complexity index is 1920. The van der Waals surface area contributed by atoms with Crippen molar-refractivity contribution in [3.8, 4) is 57.3 Å². The standard InChI is InChI=1S/C34H36N2O10S/c1-38-20-14-25(41-4)29-26(15-20)46-31(19-12-27(42-5)32(44-7)28(13-19)43-6)33(30(29)37)45-10-8-9-11-47-34-21-16-23(39-2)24(40-3)17-22(21)35-18-36-34/h12-18H,8-11H2,1-7H3. The van der Waals surface area contributed by atoms with E-state index in [2.05, 4.69) is 9.97 Å². The van der Waals surface area contributed by atoms with Gasteiger partial charge in [0, 0.05) is 29.1 Å². The van der Waals surface area contributed by atoms with Crippen molar-refractivity contribution in [3.05, 3.63) is 52.9 Å². The summed E-state index contributed by atoms with van der Waals surface area (Å²) in [6.45, 7) is 0.252. The van der Waals surface area contributed by atoms with E-state index < -0.39 is 0 Å². The molecule has 13 heteroatoms. The van der Waals surface area contributed by atoms with Crippen LogP contribution in [0.2, 0.25) is 0 Å². The Labute approximate surface area is 275 Å². The van der Waals surface area contributed by atoms with Gasteiger partial charge in [-0.15, -0.1) is 11.8 Å². The quantitative estimate of drug-likeness (QED) is 0.0694. The molecule has 0 aliphatic carbocycles. The molecule has 0 saturated heterocycles. The summed E-state index contributed by atoms with van der Waals surface area (Å²) in [7, 11) is 10.7. The number of benzene rings is 3. The summed E-state index contributed by atoms with van der Waals surface area (Å²) >= 11 is 1.60. The van der Waals surface area contributed by atoms with Gasteiger partial charge in [0.1, 0.15) is 33.8 Å². The summed E-state index contributed by atoms with van der Waals surface area (Å²) in [6.07, 6.45) is 2.97. The highest BCUT2D eigenvalue weighted by atomic mass is 32.2. The predicted molar refractivity (Wildman–Crippen MR) is 179 cm³/mol. The molecule has 0 N–H and O–H groups in total. The van der Waals surface area contributed by atoms with Gasteiger partial charge in [0.25, 0.3) is 0 Å². The Hall–Kier alpha value is -5.04. The highest BCUT2D eigenvalue weighted by molar-refractivity contribution is 7.99. The predicted octanol–water partition coefficient (Wildman–Crippen LogP) is 6.41. The summed E-state index contributed by atoms with van der Waals surface area (Å²) in [5, 5.41) is 1.94. The number of hydrogen-bond acceptors (Lipinski definition) is 13. The van der Waals surface area contributed by atoms with Gasteiger partial charge in [0.2, 0.25) is 16.9 Å². The molecule has 0 atom stereocenters. The topological polar surface area (TPSA) is 130 Å². The highest BCUT2D eigenvalue weighted by Crippen LogP contribution is 2.44. The van der Waals surface area contributed by atoms with Crippen molar-refractivity contribution in [2.75, 3.05) is 62.1 Å². The summed E-state index contributed by atoms with van der Waals surface area (Å²) < 4.78 is 51.0. The molecule has 0 aliphatic rings. The zero-order chi connectivity index (χ0) is 33.5. The van der Waals surface area contributed by atoms with Crippen LogP contribution >= 0.6 is 11.8 Å². The van der Waals surface area contributed by atoms with Crippen LogP contribution in [0.4, 0.5) is 0 Å². The average molecular weight is 665 g/mol. The number of hydrogen-bond donors (Lipinski definition) is 0. The largest absolute Gasteiger partial charge is 0.496 e. The lowest BCUT2D eigenvalue weighted by Gasteiger charge is -2.17. The van der Waals surface area contributed by atoms with Crippen LogP contribution in [0.5, 0.6) is 46.0 Å². The van der Waals surface area contributed by atoms with Crippen LogP contribution in [0.1, 0.15) is 12.8 Å². The van der Waals surface area contributed by atoms with E-state index in [0.717, 1.165) is 28.1 Å². The van der Waals surface area contributed by atoms with E-state index in [1.54, 1.807) is 50.2 Å². The summed E-state index contributed by atoms with van der Waals surface area (Å²) in [5.41, 5.74) is 1.14. The second kappa shape index (κ2) is 15.0. The first kappa shape index (κ1) is 33.3. The molecule has 0 fully saturated rings. The third-order valence-electron chi connectivity index (χ3n) is 7.40. The molecule has 3 aromatic carbocycles. The van der Waals surface area contributed by atoms with Crippen LogP contribution in [0.15, 0.2) is 57.0 Å². The van der Waals surface area contributed by atoms with Crippen LogP contribution in [0.3, 0.4) is 0 Å². The molecule has 0 amide bonds. The SMILES string of the molecule is COc1cc(OC)c2c(=O)c(OCCCCSc3ncnc4cc(OC)c(OC)cc34)c(-c3cc(OC)c(OC)c(OC)c3)oc2c1. The first-order chi connectivity index (χ1) is 22.9. The second-order valence-corrected chi connectivity index (χ2v) is 11.1. The zero-order valence-corrected chi connectivity index (χ0v) is 28.1. The lowest BCUT2D eigenvalue weighted by molar-refractivity contribution is 0.301. The van der Waals surface area contributed by atoms with Gasteiger partial charge in [0.15, 0.2) is 28.8 Å². The highest BCUT2D eigenvalue weighted by Gasteiger charge is 2.24. The molecule has 5 aromatic rings. The van der Waals surface area contributed by atoms with Crippen LogP contribution in [0, 0.1) is 0 Å². The van der Waals surface area contributed by atoms with Gasteiger partial charge in [0.05, 0.1) is 61.9 Å². The van der Waals surface area contributed by atoms with E-state index in [1.807, 2.05) is 12.1 Å². The molecule has 12 nitrogen and oxygen atoms in total.